The molecule has 0 radical (unpaired) electrons. The molecule has 1 rings (SSSR count). The number of ether oxygens (including phenoxy) is 1. The van der Waals surface area contributed by atoms with Crippen LogP contribution in [0.25, 0.3) is 0 Å². The zero-order valence-corrected chi connectivity index (χ0v) is 13.6. The molecule has 1 unspecified atom stereocenters. The Balaban J connectivity index is 0. The molecule has 2 N–H and O–H groups in total. The average Bonchev–Trinajstić information content (AvgIpc) is 3.08. The van der Waals surface area contributed by atoms with Crippen LogP contribution in [0.1, 0.15) is 12.8 Å². The van der Waals surface area contributed by atoms with Crippen LogP contribution < -0.4 is 10.6 Å². The Labute approximate surface area is 128 Å². The quantitative estimate of drug-likeness (QED) is 0.609. The number of amides is 1. The second kappa shape index (κ2) is 11.7. The molecule has 0 spiro atoms. The zero-order chi connectivity index (χ0) is 12.7. The maximum Gasteiger partial charge on any atom is 0.234 e. The molecular formula is C12H27Cl2N3O2. The molecule has 1 amide bonds. The van der Waals surface area contributed by atoms with Gasteiger partial charge in [-0.05, 0) is 32.9 Å². The first-order chi connectivity index (χ1) is 8.15. The molecule has 1 fully saturated rings. The maximum absolute atomic E-state index is 11.5. The summed E-state index contributed by atoms with van der Waals surface area (Å²) in [7, 11) is 5.80. The molecule has 0 bridgehead atoms. The largest absolute Gasteiger partial charge is 0.383 e. The first kappa shape index (κ1) is 21.2. The molecule has 0 aromatic heterocycles. The minimum absolute atomic E-state index is 0. The van der Waals surface area contributed by atoms with Crippen LogP contribution in [0.5, 0.6) is 0 Å². The number of hydrogen-bond acceptors (Lipinski definition) is 4. The van der Waals surface area contributed by atoms with E-state index < -0.39 is 0 Å². The van der Waals surface area contributed by atoms with Crippen molar-refractivity contribution in [2.45, 2.75) is 18.9 Å². The lowest BCUT2D eigenvalue weighted by atomic mass is 10.1. The smallest absolute Gasteiger partial charge is 0.234 e. The zero-order valence-electron chi connectivity index (χ0n) is 12.0. The van der Waals surface area contributed by atoms with E-state index in [0.717, 1.165) is 12.5 Å². The van der Waals surface area contributed by atoms with Crippen molar-refractivity contribution in [3.05, 3.63) is 0 Å². The molecular weight excluding hydrogens is 289 g/mol. The molecule has 0 aliphatic heterocycles. The molecule has 0 heterocycles. The summed E-state index contributed by atoms with van der Waals surface area (Å²) >= 11 is 0. The van der Waals surface area contributed by atoms with Crippen LogP contribution >= 0.6 is 24.8 Å². The Bertz CT molecular complexity index is 237. The van der Waals surface area contributed by atoms with Gasteiger partial charge in [0.1, 0.15) is 0 Å². The second-order valence-electron chi connectivity index (χ2n) is 4.84. The number of carbonyl (C=O) groups excluding carboxylic acids is 1. The van der Waals surface area contributed by atoms with Crippen molar-refractivity contribution in [1.29, 1.82) is 0 Å². The van der Waals surface area contributed by atoms with Gasteiger partial charge in [-0.15, -0.1) is 24.8 Å². The average molecular weight is 316 g/mol. The molecule has 116 valence electrons. The summed E-state index contributed by atoms with van der Waals surface area (Å²) < 4.78 is 4.89. The molecule has 1 aliphatic carbocycles. The Morgan fingerprint density at radius 1 is 1.37 bits per heavy atom. The molecule has 0 saturated heterocycles. The predicted molar refractivity (Wildman–Crippen MR) is 82.5 cm³/mol. The highest BCUT2D eigenvalue weighted by atomic mass is 35.5. The number of likely N-dealkylation sites (N-methyl/N-ethyl adjacent to an activating group) is 1. The molecule has 5 nitrogen and oxygen atoms in total. The Kier molecular flexibility index (Phi) is 13.1. The Hall–Kier alpha value is -0.0700. The Morgan fingerprint density at radius 3 is 2.47 bits per heavy atom. The van der Waals surface area contributed by atoms with Gasteiger partial charge < -0.3 is 20.3 Å². The van der Waals surface area contributed by atoms with Crippen LogP contribution in [0.2, 0.25) is 0 Å². The molecule has 1 aliphatic rings. The fourth-order valence-electron chi connectivity index (χ4n) is 1.91. The van der Waals surface area contributed by atoms with Crippen molar-refractivity contribution < 1.29 is 9.53 Å². The number of halogens is 2. The van der Waals surface area contributed by atoms with Crippen molar-refractivity contribution in [3.8, 4) is 0 Å². The van der Waals surface area contributed by atoms with Crippen LogP contribution in [-0.2, 0) is 9.53 Å². The van der Waals surface area contributed by atoms with Crippen LogP contribution in [0.3, 0.4) is 0 Å². The normalized spacial score (nSPS) is 15.4. The highest BCUT2D eigenvalue weighted by Crippen LogP contribution is 2.34. The van der Waals surface area contributed by atoms with Gasteiger partial charge in [-0.2, -0.15) is 0 Å². The van der Waals surface area contributed by atoms with Gasteiger partial charge in [-0.25, -0.2) is 0 Å². The lowest BCUT2D eigenvalue weighted by molar-refractivity contribution is -0.120. The first-order valence-corrected chi connectivity index (χ1v) is 6.28. The topological polar surface area (TPSA) is 53.6 Å². The van der Waals surface area contributed by atoms with E-state index in [4.69, 9.17) is 4.74 Å². The maximum atomic E-state index is 11.5. The number of nitrogens with one attached hydrogen (secondary N) is 2. The van der Waals surface area contributed by atoms with Crippen molar-refractivity contribution in [2.24, 2.45) is 5.92 Å². The van der Waals surface area contributed by atoms with Gasteiger partial charge in [0.15, 0.2) is 0 Å². The van der Waals surface area contributed by atoms with Crippen molar-refractivity contribution in [3.63, 3.8) is 0 Å². The number of hydrogen-bond donors (Lipinski definition) is 2. The van der Waals surface area contributed by atoms with E-state index in [9.17, 15) is 4.79 Å². The van der Waals surface area contributed by atoms with E-state index in [1.54, 1.807) is 7.11 Å². The van der Waals surface area contributed by atoms with Gasteiger partial charge in [0.05, 0.1) is 13.2 Å². The van der Waals surface area contributed by atoms with E-state index in [1.165, 1.54) is 12.8 Å². The highest BCUT2D eigenvalue weighted by Gasteiger charge is 2.32. The number of methoxy groups -OCH3 is 1. The number of nitrogens with zero attached hydrogens (tertiary/aromatic N) is 1. The van der Waals surface area contributed by atoms with Crippen LogP contribution in [0.15, 0.2) is 0 Å². The summed E-state index contributed by atoms with van der Waals surface area (Å²) in [6.45, 7) is 2.47. The van der Waals surface area contributed by atoms with Gasteiger partial charge in [-0.3, -0.25) is 4.79 Å². The van der Waals surface area contributed by atoms with Gasteiger partial charge in [0.25, 0.3) is 0 Å². The third-order valence-corrected chi connectivity index (χ3v) is 3.11. The van der Waals surface area contributed by atoms with Gasteiger partial charge >= 0.3 is 0 Å². The van der Waals surface area contributed by atoms with Crippen molar-refractivity contribution in [2.75, 3.05) is 47.4 Å². The summed E-state index contributed by atoms with van der Waals surface area (Å²) in [6.07, 6.45) is 2.59. The monoisotopic (exact) mass is 315 g/mol. The summed E-state index contributed by atoms with van der Waals surface area (Å²) in [5.41, 5.74) is 0. The molecule has 19 heavy (non-hydrogen) atoms. The number of carbonyl (C=O) groups is 1. The Morgan fingerprint density at radius 2 is 2.00 bits per heavy atom. The third kappa shape index (κ3) is 9.46. The number of rotatable bonds is 9. The minimum Gasteiger partial charge on any atom is -0.383 e. The minimum atomic E-state index is 0. The lowest BCUT2D eigenvalue weighted by Crippen LogP contribution is -2.44. The molecule has 0 aromatic carbocycles. The summed E-state index contributed by atoms with van der Waals surface area (Å²) in [6, 6.07) is 0.484. The first-order valence-electron chi connectivity index (χ1n) is 6.28. The fraction of sp³-hybridized carbons (Fsp3) is 0.917. The van der Waals surface area contributed by atoms with E-state index in [1.807, 2.05) is 0 Å². The molecule has 1 saturated carbocycles. The van der Waals surface area contributed by atoms with Gasteiger partial charge in [0.2, 0.25) is 5.91 Å². The van der Waals surface area contributed by atoms with Crippen LogP contribution in [0.4, 0.5) is 0 Å². The summed E-state index contributed by atoms with van der Waals surface area (Å²) in [5.74, 6) is 0.834. The van der Waals surface area contributed by atoms with E-state index in [2.05, 4.69) is 29.6 Å². The second-order valence-corrected chi connectivity index (χ2v) is 4.84. The summed E-state index contributed by atoms with van der Waals surface area (Å²) in [4.78, 5) is 13.7. The molecule has 1 atom stereocenters. The van der Waals surface area contributed by atoms with Crippen LogP contribution in [0, 0.1) is 5.92 Å². The fourth-order valence-corrected chi connectivity index (χ4v) is 1.91. The van der Waals surface area contributed by atoms with Gasteiger partial charge in [-0.1, -0.05) is 0 Å². The van der Waals surface area contributed by atoms with Crippen LogP contribution in [-0.4, -0.2) is 64.3 Å². The SMILES string of the molecule is COCCNCC(=O)NCC(C1CC1)N(C)C.Cl.Cl. The summed E-state index contributed by atoms with van der Waals surface area (Å²) in [5, 5.41) is 6.01. The molecule has 7 heteroatoms. The van der Waals surface area contributed by atoms with E-state index >= 15 is 0 Å². The predicted octanol–water partition coefficient (Wildman–Crippen LogP) is 0.522. The van der Waals surface area contributed by atoms with Gasteiger partial charge in [0, 0.05) is 26.2 Å². The third-order valence-electron chi connectivity index (χ3n) is 3.11. The standard InChI is InChI=1S/C12H25N3O2.2ClH/c1-15(2)11(10-4-5-10)8-14-12(16)9-13-6-7-17-3;;/h10-11,13H,4-9H2,1-3H3,(H,14,16);2*1H. The lowest BCUT2D eigenvalue weighted by Gasteiger charge is -2.24. The highest BCUT2D eigenvalue weighted by molar-refractivity contribution is 5.85. The van der Waals surface area contributed by atoms with E-state index in [-0.39, 0.29) is 30.7 Å². The van der Waals surface area contributed by atoms with Crippen molar-refractivity contribution >= 4 is 30.7 Å². The van der Waals surface area contributed by atoms with E-state index in [0.29, 0.717) is 25.7 Å². The van der Waals surface area contributed by atoms with Crippen molar-refractivity contribution in [1.82, 2.24) is 15.5 Å². The molecule has 0 aromatic rings.